The molecule has 0 aliphatic heterocycles. The van der Waals surface area contributed by atoms with Crippen LogP contribution in [-0.4, -0.2) is 37.4 Å². The molecule has 5 nitrogen and oxygen atoms in total. The number of nitrogens with one attached hydrogen (secondary N) is 2. The van der Waals surface area contributed by atoms with Crippen molar-refractivity contribution in [2.75, 3.05) is 20.3 Å². The summed E-state index contributed by atoms with van der Waals surface area (Å²) in [6.45, 7) is 0.591. The van der Waals surface area contributed by atoms with Crippen molar-refractivity contribution in [2.45, 2.75) is 31.4 Å². The Kier molecular flexibility index (Phi) is 5.18. The molecule has 5 unspecified atom stereocenters. The molecule has 0 radical (unpaired) electrons. The summed E-state index contributed by atoms with van der Waals surface area (Å²) in [5.74, 6) is 1.31. The number of hydrogen-bond donors (Lipinski definition) is 3. The first-order valence-electron chi connectivity index (χ1n) is 8.46. The van der Waals surface area contributed by atoms with Crippen LogP contribution in [0.5, 0.6) is 0 Å². The van der Waals surface area contributed by atoms with Gasteiger partial charge in [0.15, 0.2) is 0 Å². The summed E-state index contributed by atoms with van der Waals surface area (Å²) in [7, 11) is 1.65. The van der Waals surface area contributed by atoms with Crippen LogP contribution in [0.3, 0.4) is 0 Å². The fraction of sp³-hybridized carbons (Fsp3) is 0.611. The van der Waals surface area contributed by atoms with Gasteiger partial charge in [-0.1, -0.05) is 30.3 Å². The number of carbonyl (C=O) groups is 1. The fourth-order valence-electron chi connectivity index (χ4n) is 4.29. The predicted molar refractivity (Wildman–Crippen MR) is 87.9 cm³/mol. The van der Waals surface area contributed by atoms with E-state index in [1.807, 2.05) is 30.3 Å². The number of urea groups is 1. The van der Waals surface area contributed by atoms with Crippen molar-refractivity contribution in [3.63, 3.8) is 0 Å². The van der Waals surface area contributed by atoms with Crippen LogP contribution in [-0.2, 0) is 4.74 Å². The summed E-state index contributed by atoms with van der Waals surface area (Å²) in [4.78, 5) is 12.2. The van der Waals surface area contributed by atoms with Gasteiger partial charge in [-0.25, -0.2) is 4.79 Å². The lowest BCUT2D eigenvalue weighted by Gasteiger charge is -2.30. The molecule has 23 heavy (non-hydrogen) atoms. The molecule has 2 aliphatic rings. The highest BCUT2D eigenvalue weighted by Gasteiger charge is 2.47. The highest BCUT2D eigenvalue weighted by molar-refractivity contribution is 5.74. The molecule has 1 aromatic carbocycles. The van der Waals surface area contributed by atoms with Gasteiger partial charge in [-0.05, 0) is 36.7 Å². The Balaban J connectivity index is 1.51. The van der Waals surface area contributed by atoms with E-state index in [2.05, 4.69) is 10.6 Å². The second-order valence-electron chi connectivity index (χ2n) is 6.69. The zero-order valence-electron chi connectivity index (χ0n) is 13.6. The molecule has 2 aliphatic carbocycles. The fourth-order valence-corrected chi connectivity index (χ4v) is 4.29. The second kappa shape index (κ2) is 7.32. The first kappa shape index (κ1) is 16.3. The molecule has 0 saturated heterocycles. The summed E-state index contributed by atoms with van der Waals surface area (Å²) in [6, 6.07) is 9.80. The van der Waals surface area contributed by atoms with E-state index in [9.17, 15) is 9.90 Å². The molecule has 0 heterocycles. The normalized spacial score (nSPS) is 30.2. The minimum atomic E-state index is -0.168. The second-order valence-corrected chi connectivity index (χ2v) is 6.69. The van der Waals surface area contributed by atoms with E-state index in [-0.39, 0.29) is 30.7 Å². The number of fused-ring (bicyclic) bond motifs is 2. The number of aliphatic hydroxyl groups excluding tert-OH is 1. The number of methoxy groups -OCH3 is 1. The predicted octanol–water partition coefficient (Wildman–Crippen LogP) is 2.08. The minimum Gasteiger partial charge on any atom is -0.396 e. The van der Waals surface area contributed by atoms with Crippen molar-refractivity contribution in [1.29, 1.82) is 0 Å². The maximum atomic E-state index is 12.2. The van der Waals surface area contributed by atoms with Crippen molar-refractivity contribution in [2.24, 2.45) is 17.8 Å². The standard InChI is InChI=1S/C18H26N2O3/c1-23-16(12-5-3-2-4-6-12)10-19-18(22)20-17-14-8-7-13(9-14)15(17)11-21/h2-6,13-17,21H,7-11H2,1H3,(H2,19,20,22). The molecule has 2 bridgehead atoms. The topological polar surface area (TPSA) is 70.6 Å². The van der Waals surface area contributed by atoms with Crippen LogP contribution in [0.15, 0.2) is 30.3 Å². The maximum absolute atomic E-state index is 12.2. The molecule has 0 spiro atoms. The number of rotatable bonds is 6. The van der Waals surface area contributed by atoms with Crippen LogP contribution in [0.1, 0.15) is 30.9 Å². The number of hydrogen-bond acceptors (Lipinski definition) is 3. The van der Waals surface area contributed by atoms with Crippen molar-refractivity contribution in [3.05, 3.63) is 35.9 Å². The first-order chi connectivity index (χ1) is 11.2. The number of ether oxygens (including phenoxy) is 1. The largest absolute Gasteiger partial charge is 0.396 e. The molecule has 1 aromatic rings. The molecule has 5 heteroatoms. The van der Waals surface area contributed by atoms with Gasteiger partial charge in [0.05, 0.1) is 6.10 Å². The Labute approximate surface area is 137 Å². The third-order valence-corrected chi connectivity index (χ3v) is 5.50. The number of aliphatic hydroxyl groups is 1. The highest BCUT2D eigenvalue weighted by Crippen LogP contribution is 2.48. The summed E-state index contributed by atoms with van der Waals surface area (Å²) in [6.07, 6.45) is 3.34. The lowest BCUT2D eigenvalue weighted by Crippen LogP contribution is -2.49. The van der Waals surface area contributed by atoms with Gasteiger partial charge in [-0.2, -0.15) is 0 Å². The van der Waals surface area contributed by atoms with Gasteiger partial charge in [0.1, 0.15) is 0 Å². The van der Waals surface area contributed by atoms with Crippen LogP contribution in [0.2, 0.25) is 0 Å². The van der Waals surface area contributed by atoms with E-state index in [1.54, 1.807) is 7.11 Å². The van der Waals surface area contributed by atoms with E-state index < -0.39 is 0 Å². The zero-order chi connectivity index (χ0) is 16.2. The lowest BCUT2D eigenvalue weighted by molar-refractivity contribution is 0.102. The van der Waals surface area contributed by atoms with E-state index in [1.165, 1.54) is 6.42 Å². The summed E-state index contributed by atoms with van der Waals surface area (Å²) in [5, 5.41) is 15.6. The van der Waals surface area contributed by atoms with Gasteiger partial charge >= 0.3 is 6.03 Å². The number of benzene rings is 1. The van der Waals surface area contributed by atoms with Crippen LogP contribution in [0, 0.1) is 17.8 Å². The third-order valence-electron chi connectivity index (χ3n) is 5.50. The van der Waals surface area contributed by atoms with Gasteiger partial charge in [0.2, 0.25) is 0 Å². The monoisotopic (exact) mass is 318 g/mol. The Hall–Kier alpha value is -1.59. The quantitative estimate of drug-likeness (QED) is 0.752. The maximum Gasteiger partial charge on any atom is 0.315 e. The van der Waals surface area contributed by atoms with Gasteiger partial charge in [-0.3, -0.25) is 0 Å². The third kappa shape index (κ3) is 3.51. The molecule has 3 rings (SSSR count). The van der Waals surface area contributed by atoms with Crippen LogP contribution in [0.25, 0.3) is 0 Å². The van der Waals surface area contributed by atoms with E-state index >= 15 is 0 Å². The van der Waals surface area contributed by atoms with Crippen molar-refractivity contribution in [1.82, 2.24) is 10.6 Å². The molecule has 3 N–H and O–H groups in total. The average Bonchev–Trinajstić information content (AvgIpc) is 3.17. The van der Waals surface area contributed by atoms with Gasteiger partial charge < -0.3 is 20.5 Å². The van der Waals surface area contributed by atoms with E-state index in [4.69, 9.17) is 4.74 Å². The molecular weight excluding hydrogens is 292 g/mol. The smallest absolute Gasteiger partial charge is 0.315 e. The summed E-state index contributed by atoms with van der Waals surface area (Å²) < 4.78 is 5.47. The Bertz CT molecular complexity index is 522. The Morgan fingerprint density at radius 1 is 1.30 bits per heavy atom. The number of amides is 2. The molecule has 2 fully saturated rings. The lowest BCUT2D eigenvalue weighted by atomic mass is 9.85. The molecular formula is C18H26N2O3. The first-order valence-corrected chi connectivity index (χ1v) is 8.46. The van der Waals surface area contributed by atoms with Crippen molar-refractivity contribution >= 4 is 6.03 Å². The number of carbonyl (C=O) groups excluding carboxylic acids is 1. The average molecular weight is 318 g/mol. The van der Waals surface area contributed by atoms with Crippen molar-refractivity contribution < 1.29 is 14.6 Å². The molecule has 126 valence electrons. The van der Waals surface area contributed by atoms with Gasteiger partial charge in [-0.15, -0.1) is 0 Å². The van der Waals surface area contributed by atoms with Gasteiger partial charge in [0.25, 0.3) is 0 Å². The van der Waals surface area contributed by atoms with Gasteiger partial charge in [0, 0.05) is 32.2 Å². The van der Waals surface area contributed by atoms with E-state index in [0.29, 0.717) is 18.4 Å². The summed E-state index contributed by atoms with van der Waals surface area (Å²) >= 11 is 0. The highest BCUT2D eigenvalue weighted by atomic mass is 16.5. The van der Waals surface area contributed by atoms with Crippen LogP contribution < -0.4 is 10.6 Å². The Morgan fingerprint density at radius 3 is 2.74 bits per heavy atom. The molecule has 0 aromatic heterocycles. The zero-order valence-corrected chi connectivity index (χ0v) is 13.6. The molecule has 5 atom stereocenters. The molecule has 2 amide bonds. The Morgan fingerprint density at radius 2 is 2.04 bits per heavy atom. The minimum absolute atomic E-state index is 0.108. The van der Waals surface area contributed by atoms with Crippen LogP contribution >= 0.6 is 0 Å². The van der Waals surface area contributed by atoms with Crippen molar-refractivity contribution in [3.8, 4) is 0 Å². The van der Waals surface area contributed by atoms with E-state index in [0.717, 1.165) is 18.4 Å². The SMILES string of the molecule is COC(CNC(=O)NC1C2CCC(C2)C1CO)c1ccccc1. The van der Waals surface area contributed by atoms with Crippen LogP contribution in [0.4, 0.5) is 4.79 Å². The molecule has 2 saturated carbocycles. The summed E-state index contributed by atoms with van der Waals surface area (Å²) in [5.41, 5.74) is 1.04.